The lowest BCUT2D eigenvalue weighted by Crippen LogP contribution is -2.16. The van der Waals surface area contributed by atoms with Crippen molar-refractivity contribution in [1.82, 2.24) is 0 Å². The molecule has 1 unspecified atom stereocenters. The summed E-state index contributed by atoms with van der Waals surface area (Å²) in [5, 5.41) is 0. The minimum atomic E-state index is -0.180. The first kappa shape index (κ1) is 10.8. The second-order valence-electron chi connectivity index (χ2n) is 2.57. The maximum Gasteiger partial charge on any atom is 0.197 e. The minimum Gasteiger partial charge on any atom is -0.464 e. The molecule has 0 heterocycles. The molecule has 0 aliphatic carbocycles. The third-order valence-electron chi connectivity index (χ3n) is 1.53. The molecule has 13 heavy (non-hydrogen) atoms. The molecular formula is C10H13IO2. The molecule has 1 rings (SSSR count). The third kappa shape index (κ3) is 3.52. The van der Waals surface area contributed by atoms with Gasteiger partial charge in [0, 0.05) is 6.61 Å². The molecule has 72 valence electrons. The normalized spacial score (nSPS) is 12.5. The monoisotopic (exact) mass is 292 g/mol. The van der Waals surface area contributed by atoms with E-state index >= 15 is 0 Å². The molecule has 1 atom stereocenters. The highest BCUT2D eigenvalue weighted by Gasteiger charge is 2.04. The number of ether oxygens (including phenoxy) is 2. The molecule has 1 aromatic rings. The van der Waals surface area contributed by atoms with Gasteiger partial charge in [-0.05, 0) is 48.6 Å². The van der Waals surface area contributed by atoms with Crippen LogP contribution in [0.3, 0.4) is 0 Å². The molecule has 3 heteroatoms. The molecule has 0 aromatic heterocycles. The molecule has 0 saturated heterocycles. The van der Waals surface area contributed by atoms with E-state index in [1.807, 2.05) is 38.1 Å². The average molecular weight is 292 g/mol. The van der Waals surface area contributed by atoms with E-state index in [1.54, 1.807) is 0 Å². The van der Waals surface area contributed by atoms with Crippen LogP contribution in [0.5, 0.6) is 5.75 Å². The standard InChI is InChI=1S/C10H13IO2/c1-3-12-8(2)13-10-7-5-4-6-9(10)11/h4-8H,3H2,1-2H3. The highest BCUT2D eigenvalue weighted by atomic mass is 127. The summed E-state index contributed by atoms with van der Waals surface area (Å²) in [7, 11) is 0. The van der Waals surface area contributed by atoms with Crippen LogP contribution in [0.1, 0.15) is 13.8 Å². The average Bonchev–Trinajstić information content (AvgIpc) is 2.09. The highest BCUT2D eigenvalue weighted by Crippen LogP contribution is 2.20. The van der Waals surface area contributed by atoms with Crippen LogP contribution in [0.4, 0.5) is 0 Å². The molecule has 0 radical (unpaired) electrons. The van der Waals surface area contributed by atoms with Crippen molar-refractivity contribution in [3.05, 3.63) is 27.8 Å². The smallest absolute Gasteiger partial charge is 0.197 e. The molecule has 0 fully saturated rings. The number of rotatable bonds is 4. The summed E-state index contributed by atoms with van der Waals surface area (Å²) in [6, 6.07) is 7.89. The van der Waals surface area contributed by atoms with Crippen molar-refractivity contribution < 1.29 is 9.47 Å². The maximum atomic E-state index is 5.56. The molecule has 0 N–H and O–H groups in total. The maximum absolute atomic E-state index is 5.56. The van der Waals surface area contributed by atoms with Gasteiger partial charge in [-0.2, -0.15) is 0 Å². The third-order valence-corrected chi connectivity index (χ3v) is 2.42. The zero-order valence-corrected chi connectivity index (χ0v) is 9.95. The molecule has 0 saturated carbocycles. The second-order valence-corrected chi connectivity index (χ2v) is 3.73. The quantitative estimate of drug-likeness (QED) is 0.627. The second kappa shape index (κ2) is 5.44. The van der Waals surface area contributed by atoms with Gasteiger partial charge in [-0.25, -0.2) is 0 Å². The van der Waals surface area contributed by atoms with E-state index in [0.29, 0.717) is 6.61 Å². The summed E-state index contributed by atoms with van der Waals surface area (Å²) in [6.07, 6.45) is -0.180. The predicted octanol–water partition coefficient (Wildman–Crippen LogP) is 3.05. The molecule has 0 bridgehead atoms. The Morgan fingerprint density at radius 3 is 2.69 bits per heavy atom. The van der Waals surface area contributed by atoms with E-state index in [4.69, 9.17) is 9.47 Å². The van der Waals surface area contributed by atoms with Gasteiger partial charge >= 0.3 is 0 Å². The Labute approximate surface area is 92.4 Å². The van der Waals surface area contributed by atoms with Crippen LogP contribution in [0.15, 0.2) is 24.3 Å². The summed E-state index contributed by atoms with van der Waals surface area (Å²) < 4.78 is 11.9. The number of para-hydroxylation sites is 1. The first-order valence-corrected chi connectivity index (χ1v) is 5.34. The van der Waals surface area contributed by atoms with Crippen molar-refractivity contribution in [1.29, 1.82) is 0 Å². The van der Waals surface area contributed by atoms with Crippen LogP contribution in [0.2, 0.25) is 0 Å². The van der Waals surface area contributed by atoms with Crippen LogP contribution >= 0.6 is 22.6 Å². The summed E-state index contributed by atoms with van der Waals surface area (Å²) in [5.41, 5.74) is 0. The van der Waals surface area contributed by atoms with Crippen molar-refractivity contribution in [2.24, 2.45) is 0 Å². The Bertz CT molecular complexity index is 263. The van der Waals surface area contributed by atoms with E-state index in [-0.39, 0.29) is 6.29 Å². The lowest BCUT2D eigenvalue weighted by atomic mass is 10.3. The molecular weight excluding hydrogens is 279 g/mol. The van der Waals surface area contributed by atoms with Crippen molar-refractivity contribution in [2.75, 3.05) is 6.61 Å². The molecule has 2 nitrogen and oxygen atoms in total. The van der Waals surface area contributed by atoms with Gasteiger partial charge in [0.15, 0.2) is 6.29 Å². The van der Waals surface area contributed by atoms with Crippen LogP contribution < -0.4 is 4.74 Å². The van der Waals surface area contributed by atoms with Crippen LogP contribution in [-0.4, -0.2) is 12.9 Å². The van der Waals surface area contributed by atoms with E-state index in [2.05, 4.69) is 22.6 Å². The Kier molecular flexibility index (Phi) is 4.52. The zero-order chi connectivity index (χ0) is 9.68. The van der Waals surface area contributed by atoms with E-state index in [1.165, 1.54) is 0 Å². The van der Waals surface area contributed by atoms with Gasteiger partial charge in [-0.1, -0.05) is 12.1 Å². The van der Waals surface area contributed by atoms with Crippen molar-refractivity contribution in [2.45, 2.75) is 20.1 Å². The number of benzene rings is 1. The van der Waals surface area contributed by atoms with Gasteiger partial charge in [0.1, 0.15) is 5.75 Å². The Morgan fingerprint density at radius 2 is 2.08 bits per heavy atom. The van der Waals surface area contributed by atoms with Crippen molar-refractivity contribution >= 4 is 22.6 Å². The van der Waals surface area contributed by atoms with E-state index < -0.39 is 0 Å². The minimum absolute atomic E-state index is 0.180. The zero-order valence-electron chi connectivity index (χ0n) is 7.79. The predicted molar refractivity (Wildman–Crippen MR) is 60.9 cm³/mol. The fourth-order valence-electron chi connectivity index (χ4n) is 0.988. The molecule has 0 aliphatic heterocycles. The van der Waals surface area contributed by atoms with Gasteiger partial charge in [0.05, 0.1) is 3.57 Å². The summed E-state index contributed by atoms with van der Waals surface area (Å²) >= 11 is 2.24. The summed E-state index contributed by atoms with van der Waals surface area (Å²) in [5.74, 6) is 0.879. The van der Waals surface area contributed by atoms with Crippen LogP contribution in [0.25, 0.3) is 0 Å². The first-order chi connectivity index (χ1) is 6.24. The largest absolute Gasteiger partial charge is 0.464 e. The van der Waals surface area contributed by atoms with Crippen molar-refractivity contribution in [3.63, 3.8) is 0 Å². The summed E-state index contributed by atoms with van der Waals surface area (Å²) in [6.45, 7) is 4.52. The number of halogens is 1. The van der Waals surface area contributed by atoms with E-state index in [9.17, 15) is 0 Å². The molecule has 1 aromatic carbocycles. The number of hydrogen-bond acceptors (Lipinski definition) is 2. The number of hydrogen-bond donors (Lipinski definition) is 0. The lowest BCUT2D eigenvalue weighted by molar-refractivity contribution is -0.0617. The highest BCUT2D eigenvalue weighted by molar-refractivity contribution is 14.1. The lowest BCUT2D eigenvalue weighted by Gasteiger charge is -2.14. The van der Waals surface area contributed by atoms with Gasteiger partial charge in [0.25, 0.3) is 0 Å². The Morgan fingerprint density at radius 1 is 1.38 bits per heavy atom. The Hall–Kier alpha value is -0.290. The summed E-state index contributed by atoms with van der Waals surface area (Å²) in [4.78, 5) is 0. The van der Waals surface area contributed by atoms with Crippen LogP contribution in [-0.2, 0) is 4.74 Å². The SMILES string of the molecule is CCOC(C)Oc1ccccc1I. The van der Waals surface area contributed by atoms with Gasteiger partial charge in [0.2, 0.25) is 0 Å². The fourth-order valence-corrected chi connectivity index (χ4v) is 1.50. The van der Waals surface area contributed by atoms with Gasteiger partial charge in [-0.15, -0.1) is 0 Å². The van der Waals surface area contributed by atoms with Gasteiger partial charge in [-0.3, -0.25) is 0 Å². The molecule has 0 spiro atoms. The fraction of sp³-hybridized carbons (Fsp3) is 0.400. The Balaban J connectivity index is 2.58. The van der Waals surface area contributed by atoms with Crippen molar-refractivity contribution in [3.8, 4) is 5.75 Å². The first-order valence-electron chi connectivity index (χ1n) is 4.26. The van der Waals surface area contributed by atoms with E-state index in [0.717, 1.165) is 9.32 Å². The molecule has 0 aliphatic rings. The van der Waals surface area contributed by atoms with Gasteiger partial charge < -0.3 is 9.47 Å². The topological polar surface area (TPSA) is 18.5 Å². The molecule has 0 amide bonds. The van der Waals surface area contributed by atoms with Crippen LogP contribution in [0, 0.1) is 3.57 Å².